The van der Waals surface area contributed by atoms with E-state index in [4.69, 9.17) is 0 Å². The van der Waals surface area contributed by atoms with E-state index >= 15 is 0 Å². The molecule has 2 aromatic rings. The van der Waals surface area contributed by atoms with Gasteiger partial charge in [0.05, 0.1) is 0 Å². The van der Waals surface area contributed by atoms with E-state index in [1.165, 1.54) is 0 Å². The van der Waals surface area contributed by atoms with Crippen molar-refractivity contribution in [3.8, 4) is 0 Å². The van der Waals surface area contributed by atoms with Crippen molar-refractivity contribution >= 4 is 23.4 Å². The average molecular weight is 351 g/mol. The summed E-state index contributed by atoms with van der Waals surface area (Å²) >= 11 is 0. The molecule has 0 spiro atoms. The van der Waals surface area contributed by atoms with Crippen LogP contribution in [0.1, 0.15) is 39.1 Å². The number of hydrogen-bond donors (Lipinski definition) is 2. The molecule has 6 nitrogen and oxygen atoms in total. The summed E-state index contributed by atoms with van der Waals surface area (Å²) in [5.74, 6) is -0.293. The van der Waals surface area contributed by atoms with E-state index in [2.05, 4.69) is 10.6 Å². The highest BCUT2D eigenvalue weighted by Crippen LogP contribution is 2.22. The van der Waals surface area contributed by atoms with Gasteiger partial charge in [-0.2, -0.15) is 0 Å². The van der Waals surface area contributed by atoms with Gasteiger partial charge in [-0.3, -0.25) is 14.4 Å². The maximum Gasteiger partial charge on any atom is 0.251 e. The Bertz CT molecular complexity index is 848. The number of carbonyl (C=O) groups is 3. The molecule has 3 rings (SSSR count). The number of rotatable bonds is 5. The SMILES string of the molecule is CNC(=O)c1cccc(CNC(=O)c2cccc(N3CCCC3=O)c2)c1. The molecular formula is C20H21N3O3. The van der Waals surface area contributed by atoms with Crippen molar-refractivity contribution in [2.24, 2.45) is 0 Å². The van der Waals surface area contributed by atoms with Gasteiger partial charge in [-0.25, -0.2) is 0 Å². The molecule has 2 aromatic carbocycles. The molecule has 3 amide bonds. The molecule has 2 N–H and O–H groups in total. The molecular weight excluding hydrogens is 330 g/mol. The first-order valence-electron chi connectivity index (χ1n) is 8.58. The van der Waals surface area contributed by atoms with Crippen LogP contribution in [0.4, 0.5) is 5.69 Å². The molecule has 0 aliphatic carbocycles. The van der Waals surface area contributed by atoms with Gasteiger partial charge >= 0.3 is 0 Å². The Hall–Kier alpha value is -3.15. The Morgan fingerprint density at radius 1 is 1.04 bits per heavy atom. The first-order chi connectivity index (χ1) is 12.6. The van der Waals surface area contributed by atoms with Crippen LogP contribution in [0.25, 0.3) is 0 Å². The zero-order chi connectivity index (χ0) is 18.5. The summed E-state index contributed by atoms with van der Waals surface area (Å²) in [4.78, 5) is 37.7. The Kier molecular flexibility index (Phi) is 5.31. The van der Waals surface area contributed by atoms with Crippen molar-refractivity contribution in [1.29, 1.82) is 0 Å². The molecule has 0 radical (unpaired) electrons. The number of carbonyl (C=O) groups excluding carboxylic acids is 3. The van der Waals surface area contributed by atoms with Gasteiger partial charge in [-0.15, -0.1) is 0 Å². The summed E-state index contributed by atoms with van der Waals surface area (Å²) in [6, 6.07) is 14.2. The normalized spacial score (nSPS) is 13.6. The Morgan fingerprint density at radius 2 is 1.77 bits per heavy atom. The van der Waals surface area contributed by atoms with E-state index in [1.807, 2.05) is 12.1 Å². The molecule has 0 atom stereocenters. The smallest absolute Gasteiger partial charge is 0.251 e. The highest BCUT2D eigenvalue weighted by atomic mass is 16.2. The fourth-order valence-corrected chi connectivity index (χ4v) is 2.99. The minimum atomic E-state index is -0.219. The molecule has 1 aliphatic rings. The molecule has 6 heteroatoms. The summed E-state index contributed by atoms with van der Waals surface area (Å²) in [5, 5.41) is 5.43. The lowest BCUT2D eigenvalue weighted by molar-refractivity contribution is -0.117. The topological polar surface area (TPSA) is 78.5 Å². The van der Waals surface area contributed by atoms with Crippen molar-refractivity contribution < 1.29 is 14.4 Å². The predicted octanol–water partition coefficient (Wildman–Crippen LogP) is 2.10. The second-order valence-corrected chi connectivity index (χ2v) is 6.16. The lowest BCUT2D eigenvalue weighted by Gasteiger charge is -2.16. The molecule has 26 heavy (non-hydrogen) atoms. The fourth-order valence-electron chi connectivity index (χ4n) is 2.99. The summed E-state index contributed by atoms with van der Waals surface area (Å²) in [5.41, 5.74) is 2.64. The Balaban J connectivity index is 1.67. The number of nitrogens with one attached hydrogen (secondary N) is 2. The molecule has 1 aliphatic heterocycles. The zero-order valence-electron chi connectivity index (χ0n) is 14.6. The molecule has 0 saturated carbocycles. The quantitative estimate of drug-likeness (QED) is 0.866. The first kappa shape index (κ1) is 17.7. The number of anilines is 1. The first-order valence-corrected chi connectivity index (χ1v) is 8.58. The average Bonchev–Trinajstić information content (AvgIpc) is 3.11. The summed E-state index contributed by atoms with van der Waals surface area (Å²) < 4.78 is 0. The summed E-state index contributed by atoms with van der Waals surface area (Å²) in [6.45, 7) is 1.01. The minimum absolute atomic E-state index is 0.0913. The number of benzene rings is 2. The molecule has 0 unspecified atom stereocenters. The second kappa shape index (κ2) is 7.82. The molecule has 1 saturated heterocycles. The van der Waals surface area contributed by atoms with Gasteiger partial charge in [0.2, 0.25) is 5.91 Å². The zero-order valence-corrected chi connectivity index (χ0v) is 14.6. The maximum absolute atomic E-state index is 12.4. The van der Waals surface area contributed by atoms with Crippen LogP contribution in [0, 0.1) is 0 Å². The van der Waals surface area contributed by atoms with E-state index in [0.29, 0.717) is 30.6 Å². The summed E-state index contributed by atoms with van der Waals surface area (Å²) in [7, 11) is 1.58. The van der Waals surface area contributed by atoms with E-state index in [1.54, 1.807) is 48.3 Å². The van der Waals surface area contributed by atoms with Crippen molar-refractivity contribution in [1.82, 2.24) is 10.6 Å². The number of nitrogens with zero attached hydrogens (tertiary/aromatic N) is 1. The van der Waals surface area contributed by atoms with Crippen LogP contribution >= 0.6 is 0 Å². The highest BCUT2D eigenvalue weighted by Gasteiger charge is 2.22. The van der Waals surface area contributed by atoms with E-state index in [0.717, 1.165) is 17.7 Å². The van der Waals surface area contributed by atoms with Crippen molar-refractivity contribution in [3.05, 3.63) is 65.2 Å². The van der Waals surface area contributed by atoms with E-state index < -0.39 is 0 Å². The van der Waals surface area contributed by atoms with E-state index in [-0.39, 0.29) is 17.7 Å². The van der Waals surface area contributed by atoms with Crippen molar-refractivity contribution in [2.75, 3.05) is 18.5 Å². The van der Waals surface area contributed by atoms with Crippen LogP contribution < -0.4 is 15.5 Å². The minimum Gasteiger partial charge on any atom is -0.355 e. The van der Waals surface area contributed by atoms with Crippen LogP contribution in [0.5, 0.6) is 0 Å². The van der Waals surface area contributed by atoms with Crippen molar-refractivity contribution in [2.45, 2.75) is 19.4 Å². The molecule has 0 aromatic heterocycles. The third-order valence-electron chi connectivity index (χ3n) is 4.36. The third kappa shape index (κ3) is 3.91. The van der Waals surface area contributed by atoms with Crippen LogP contribution in [0.15, 0.2) is 48.5 Å². The lowest BCUT2D eigenvalue weighted by Crippen LogP contribution is -2.26. The van der Waals surface area contributed by atoms with E-state index in [9.17, 15) is 14.4 Å². The van der Waals surface area contributed by atoms with Gasteiger partial charge in [0.25, 0.3) is 11.8 Å². The third-order valence-corrected chi connectivity index (χ3v) is 4.36. The predicted molar refractivity (Wildman–Crippen MR) is 99.0 cm³/mol. The fraction of sp³-hybridized carbons (Fsp3) is 0.250. The van der Waals surface area contributed by atoms with Crippen molar-refractivity contribution in [3.63, 3.8) is 0 Å². The second-order valence-electron chi connectivity index (χ2n) is 6.16. The van der Waals surface area contributed by atoms with Crippen LogP contribution in [0.3, 0.4) is 0 Å². The molecule has 134 valence electrons. The highest BCUT2D eigenvalue weighted by molar-refractivity contribution is 5.99. The molecule has 1 fully saturated rings. The maximum atomic E-state index is 12.4. The van der Waals surface area contributed by atoms with Gasteiger partial charge in [0, 0.05) is 43.4 Å². The lowest BCUT2D eigenvalue weighted by atomic mass is 10.1. The summed E-state index contributed by atoms with van der Waals surface area (Å²) in [6.07, 6.45) is 1.40. The monoisotopic (exact) mass is 351 g/mol. The molecule has 0 bridgehead atoms. The van der Waals surface area contributed by atoms with Crippen LogP contribution in [-0.4, -0.2) is 31.3 Å². The largest absolute Gasteiger partial charge is 0.355 e. The van der Waals surface area contributed by atoms with Crippen LogP contribution in [0.2, 0.25) is 0 Å². The Morgan fingerprint density at radius 3 is 2.46 bits per heavy atom. The van der Waals surface area contributed by atoms with Gasteiger partial charge in [0.1, 0.15) is 0 Å². The van der Waals surface area contributed by atoms with Crippen LogP contribution in [-0.2, 0) is 11.3 Å². The van der Waals surface area contributed by atoms with Gasteiger partial charge < -0.3 is 15.5 Å². The van der Waals surface area contributed by atoms with Gasteiger partial charge in [-0.1, -0.05) is 18.2 Å². The van der Waals surface area contributed by atoms with Gasteiger partial charge in [-0.05, 0) is 42.3 Å². The van der Waals surface area contributed by atoms with Gasteiger partial charge in [0.15, 0.2) is 0 Å². The number of hydrogen-bond acceptors (Lipinski definition) is 3. The Labute approximate surface area is 152 Å². The number of amides is 3. The molecule has 1 heterocycles. The standard InChI is InChI=1S/C20H21N3O3/c1-21-19(25)15-6-2-5-14(11-15)13-22-20(26)16-7-3-8-17(12-16)23-10-4-9-18(23)24/h2-3,5-8,11-12H,4,9-10,13H2,1H3,(H,21,25)(H,22,26).